The van der Waals surface area contributed by atoms with E-state index in [1.54, 1.807) is 0 Å². The smallest absolute Gasteiger partial charge is 0.408 e. The second kappa shape index (κ2) is 5.16. The van der Waals surface area contributed by atoms with Gasteiger partial charge in [0.2, 0.25) is 0 Å². The van der Waals surface area contributed by atoms with Crippen molar-refractivity contribution in [3.05, 3.63) is 34.4 Å². The molecule has 1 N–H and O–H groups in total. The predicted octanol–water partition coefficient (Wildman–Crippen LogP) is 3.38. The van der Waals surface area contributed by atoms with E-state index in [1.807, 2.05) is 39.8 Å². The number of carbonyl (C=O) groups is 1. The number of hydrogen-bond donors (Lipinski definition) is 1. The Hall–Kier alpha value is -2.02. The Labute approximate surface area is 119 Å². The Balaban J connectivity index is 2.15. The van der Waals surface area contributed by atoms with Crippen LogP contribution in [0.2, 0.25) is 0 Å². The first-order chi connectivity index (χ1) is 9.31. The number of fused-ring (bicyclic) bond motifs is 1. The van der Waals surface area contributed by atoms with Crippen LogP contribution in [-0.2, 0) is 11.2 Å². The highest BCUT2D eigenvalue weighted by atomic mass is 16.6. The average Bonchev–Trinajstić information content (AvgIpc) is 2.71. The summed E-state index contributed by atoms with van der Waals surface area (Å²) in [6.45, 7) is 7.50. The Morgan fingerprint density at radius 2 is 2.15 bits per heavy atom. The van der Waals surface area contributed by atoms with Crippen LogP contribution in [0.1, 0.15) is 55.5 Å². The largest absolute Gasteiger partial charge is 0.444 e. The van der Waals surface area contributed by atoms with Crippen molar-refractivity contribution in [3.63, 3.8) is 0 Å². The normalized spacial score (nSPS) is 17.2. The van der Waals surface area contributed by atoms with Crippen LogP contribution in [-0.4, -0.2) is 11.7 Å². The van der Waals surface area contributed by atoms with E-state index in [2.05, 4.69) is 11.4 Å². The Bertz CT molecular complexity index is 579. The number of benzene rings is 1. The van der Waals surface area contributed by atoms with Crippen LogP contribution in [0, 0.1) is 18.3 Å². The van der Waals surface area contributed by atoms with E-state index in [4.69, 9.17) is 10.00 Å². The minimum atomic E-state index is -0.494. The van der Waals surface area contributed by atoms with Gasteiger partial charge in [0.05, 0.1) is 17.7 Å². The summed E-state index contributed by atoms with van der Waals surface area (Å²) >= 11 is 0. The Morgan fingerprint density at radius 1 is 1.45 bits per heavy atom. The van der Waals surface area contributed by atoms with Gasteiger partial charge in [0, 0.05) is 0 Å². The summed E-state index contributed by atoms with van der Waals surface area (Å²) in [4.78, 5) is 11.8. The van der Waals surface area contributed by atoms with Crippen LogP contribution in [0.15, 0.2) is 12.1 Å². The fraction of sp³-hybridized carbons (Fsp3) is 0.500. The number of amides is 1. The van der Waals surface area contributed by atoms with Gasteiger partial charge in [-0.05, 0) is 63.3 Å². The summed E-state index contributed by atoms with van der Waals surface area (Å²) in [5, 5.41) is 12.0. The van der Waals surface area contributed by atoms with E-state index in [1.165, 1.54) is 5.56 Å². The van der Waals surface area contributed by atoms with Crippen molar-refractivity contribution >= 4 is 6.09 Å². The zero-order chi connectivity index (χ0) is 14.9. The van der Waals surface area contributed by atoms with Gasteiger partial charge in [-0.15, -0.1) is 0 Å². The van der Waals surface area contributed by atoms with Gasteiger partial charge in [-0.3, -0.25) is 0 Å². The quantitative estimate of drug-likeness (QED) is 0.852. The van der Waals surface area contributed by atoms with Crippen molar-refractivity contribution in [1.82, 2.24) is 5.32 Å². The molecule has 1 aliphatic carbocycles. The molecule has 0 heterocycles. The molecule has 1 aliphatic rings. The molecule has 0 saturated carbocycles. The molecule has 0 bridgehead atoms. The molecule has 4 nitrogen and oxygen atoms in total. The summed E-state index contributed by atoms with van der Waals surface area (Å²) in [5.41, 5.74) is 3.53. The maximum Gasteiger partial charge on any atom is 0.408 e. The lowest BCUT2D eigenvalue weighted by molar-refractivity contribution is 0.0503. The number of alkyl carbamates (subject to hydrolysis) is 1. The van der Waals surface area contributed by atoms with Crippen molar-refractivity contribution in [2.75, 3.05) is 0 Å². The van der Waals surface area contributed by atoms with E-state index in [0.717, 1.165) is 24.0 Å². The molecule has 0 aliphatic heterocycles. The molecular formula is C16H20N2O2. The summed E-state index contributed by atoms with van der Waals surface area (Å²) < 4.78 is 5.29. The van der Waals surface area contributed by atoms with E-state index < -0.39 is 11.7 Å². The molecule has 0 saturated heterocycles. The lowest BCUT2D eigenvalue weighted by atomic mass is 9.99. The van der Waals surface area contributed by atoms with E-state index in [-0.39, 0.29) is 6.04 Å². The monoisotopic (exact) mass is 272 g/mol. The highest BCUT2D eigenvalue weighted by Gasteiger charge is 2.27. The summed E-state index contributed by atoms with van der Waals surface area (Å²) in [7, 11) is 0. The van der Waals surface area contributed by atoms with Crippen LogP contribution in [0.4, 0.5) is 4.79 Å². The number of rotatable bonds is 1. The van der Waals surface area contributed by atoms with Crippen LogP contribution in [0.3, 0.4) is 0 Å². The van der Waals surface area contributed by atoms with E-state index in [0.29, 0.717) is 5.56 Å². The first-order valence-electron chi connectivity index (χ1n) is 6.84. The van der Waals surface area contributed by atoms with Gasteiger partial charge in [0.25, 0.3) is 0 Å². The Morgan fingerprint density at radius 3 is 2.75 bits per heavy atom. The molecule has 20 heavy (non-hydrogen) atoms. The Kier molecular flexibility index (Phi) is 3.71. The third kappa shape index (κ3) is 2.93. The van der Waals surface area contributed by atoms with Crippen molar-refractivity contribution in [1.29, 1.82) is 5.26 Å². The number of hydrogen-bond acceptors (Lipinski definition) is 3. The molecule has 1 amide bonds. The van der Waals surface area contributed by atoms with Crippen molar-refractivity contribution < 1.29 is 9.53 Å². The molecule has 1 aromatic carbocycles. The lowest BCUT2D eigenvalue weighted by Crippen LogP contribution is -2.34. The summed E-state index contributed by atoms with van der Waals surface area (Å²) in [6.07, 6.45) is 1.35. The number of nitrogens with one attached hydrogen (secondary N) is 1. The van der Waals surface area contributed by atoms with Crippen LogP contribution < -0.4 is 5.32 Å². The minimum absolute atomic E-state index is 0.0220. The lowest BCUT2D eigenvalue weighted by Gasteiger charge is -2.22. The minimum Gasteiger partial charge on any atom is -0.444 e. The fourth-order valence-electron chi connectivity index (χ4n) is 2.60. The van der Waals surface area contributed by atoms with Gasteiger partial charge in [0.15, 0.2) is 0 Å². The van der Waals surface area contributed by atoms with Crippen LogP contribution >= 0.6 is 0 Å². The number of carbonyl (C=O) groups excluding carboxylic acids is 1. The molecule has 106 valence electrons. The van der Waals surface area contributed by atoms with E-state index in [9.17, 15) is 4.79 Å². The maximum atomic E-state index is 11.8. The highest BCUT2D eigenvalue weighted by Crippen LogP contribution is 2.34. The molecular weight excluding hydrogens is 252 g/mol. The zero-order valence-electron chi connectivity index (χ0n) is 12.4. The molecule has 1 unspecified atom stereocenters. The highest BCUT2D eigenvalue weighted by molar-refractivity contribution is 5.69. The first kappa shape index (κ1) is 14.4. The maximum absolute atomic E-state index is 11.8. The SMILES string of the molecule is Cc1c(C#N)ccc2c1CCC2NC(=O)OC(C)(C)C. The van der Waals surface area contributed by atoms with Crippen molar-refractivity contribution in [2.24, 2.45) is 0 Å². The van der Waals surface area contributed by atoms with Gasteiger partial charge in [-0.1, -0.05) is 6.07 Å². The predicted molar refractivity (Wildman–Crippen MR) is 76.3 cm³/mol. The summed E-state index contributed by atoms with van der Waals surface area (Å²) in [5.74, 6) is 0. The van der Waals surface area contributed by atoms with Crippen LogP contribution in [0.5, 0.6) is 0 Å². The molecule has 4 heteroatoms. The van der Waals surface area contributed by atoms with Crippen molar-refractivity contribution in [2.45, 2.75) is 52.2 Å². The van der Waals surface area contributed by atoms with Gasteiger partial charge in [-0.2, -0.15) is 5.26 Å². The number of nitriles is 1. The fourth-order valence-corrected chi connectivity index (χ4v) is 2.60. The third-order valence-electron chi connectivity index (χ3n) is 3.50. The van der Waals surface area contributed by atoms with Gasteiger partial charge < -0.3 is 10.1 Å². The molecule has 0 radical (unpaired) electrons. The number of nitrogens with zero attached hydrogens (tertiary/aromatic N) is 1. The topological polar surface area (TPSA) is 62.1 Å². The second-order valence-corrected chi connectivity index (χ2v) is 6.16. The van der Waals surface area contributed by atoms with E-state index >= 15 is 0 Å². The van der Waals surface area contributed by atoms with Gasteiger partial charge in [0.1, 0.15) is 5.60 Å². The number of ether oxygens (including phenoxy) is 1. The molecule has 2 rings (SSSR count). The molecule has 0 fully saturated rings. The summed E-state index contributed by atoms with van der Waals surface area (Å²) in [6, 6.07) is 5.94. The average molecular weight is 272 g/mol. The standard InChI is InChI=1S/C16H20N2O2/c1-10-11(9-17)5-6-13-12(10)7-8-14(13)18-15(19)20-16(2,3)4/h5-6,14H,7-8H2,1-4H3,(H,18,19). The third-order valence-corrected chi connectivity index (χ3v) is 3.50. The molecule has 0 spiro atoms. The molecule has 0 aromatic heterocycles. The van der Waals surface area contributed by atoms with Gasteiger partial charge >= 0.3 is 6.09 Å². The van der Waals surface area contributed by atoms with Crippen molar-refractivity contribution in [3.8, 4) is 6.07 Å². The molecule has 1 atom stereocenters. The first-order valence-corrected chi connectivity index (χ1v) is 6.84. The zero-order valence-corrected chi connectivity index (χ0v) is 12.4. The van der Waals surface area contributed by atoms with Crippen LogP contribution in [0.25, 0.3) is 0 Å². The molecule has 1 aromatic rings. The van der Waals surface area contributed by atoms with Gasteiger partial charge in [-0.25, -0.2) is 4.79 Å². The second-order valence-electron chi connectivity index (χ2n) is 6.16.